The molecule has 112 valence electrons. The number of nitrogens with zero attached hydrogens (tertiary/aromatic N) is 1. The van der Waals surface area contributed by atoms with Gasteiger partial charge in [-0.15, -0.1) is 11.3 Å². The molecular formula is C19H20N2S. The molecule has 0 bridgehead atoms. The van der Waals surface area contributed by atoms with Crippen LogP contribution in [0, 0.1) is 0 Å². The first kappa shape index (κ1) is 12.9. The highest BCUT2D eigenvalue weighted by Gasteiger charge is 2.32. The van der Waals surface area contributed by atoms with Gasteiger partial charge in [-0.3, -0.25) is 0 Å². The zero-order chi connectivity index (χ0) is 14.5. The zero-order valence-corrected chi connectivity index (χ0v) is 13.4. The first-order chi connectivity index (χ1) is 10.9. The number of rotatable bonds is 2. The van der Waals surface area contributed by atoms with E-state index < -0.39 is 0 Å². The molecule has 1 N–H and O–H groups in total. The van der Waals surface area contributed by atoms with Crippen molar-refractivity contribution in [2.24, 2.45) is 0 Å². The number of hydrogen-bond acceptors (Lipinski definition) is 2. The van der Waals surface area contributed by atoms with Gasteiger partial charge < -0.3 is 9.88 Å². The topological polar surface area (TPSA) is 17.0 Å². The lowest BCUT2D eigenvalue weighted by molar-refractivity contribution is 0.584. The van der Waals surface area contributed by atoms with E-state index in [9.17, 15) is 0 Å². The molecule has 4 heterocycles. The second-order valence-electron chi connectivity index (χ2n) is 6.54. The molecule has 0 amide bonds. The molecule has 5 rings (SSSR count). The van der Waals surface area contributed by atoms with E-state index >= 15 is 0 Å². The van der Waals surface area contributed by atoms with Gasteiger partial charge in [0.05, 0.1) is 5.52 Å². The maximum Gasteiger partial charge on any atom is 0.0515 e. The Bertz CT molecular complexity index is 815. The lowest BCUT2D eigenvalue weighted by Gasteiger charge is -2.18. The summed E-state index contributed by atoms with van der Waals surface area (Å²) in [6, 6.07) is 11.8. The summed E-state index contributed by atoms with van der Waals surface area (Å²) in [5.41, 5.74) is 4.59. The minimum Gasteiger partial charge on any atom is -0.347 e. The average Bonchev–Trinajstić information content (AvgIpc) is 3.27. The number of hydrogen-bond donors (Lipinski definition) is 1. The molecule has 2 aliphatic heterocycles. The molecule has 2 aromatic heterocycles. The smallest absolute Gasteiger partial charge is 0.0515 e. The van der Waals surface area contributed by atoms with Gasteiger partial charge in [-0.1, -0.05) is 24.3 Å². The van der Waals surface area contributed by atoms with Crippen LogP contribution in [0.4, 0.5) is 0 Å². The highest BCUT2D eigenvalue weighted by molar-refractivity contribution is 7.10. The van der Waals surface area contributed by atoms with Crippen molar-refractivity contribution >= 4 is 22.2 Å². The molecule has 2 atom stereocenters. The molecule has 3 heteroatoms. The van der Waals surface area contributed by atoms with E-state index in [-0.39, 0.29) is 0 Å². The van der Waals surface area contributed by atoms with Gasteiger partial charge in [-0.05, 0) is 48.4 Å². The van der Waals surface area contributed by atoms with Crippen LogP contribution in [0.1, 0.15) is 40.8 Å². The summed E-state index contributed by atoms with van der Waals surface area (Å²) in [5, 5.41) is 7.42. The van der Waals surface area contributed by atoms with Crippen LogP contribution < -0.4 is 5.32 Å². The van der Waals surface area contributed by atoms with E-state index in [1.54, 1.807) is 5.56 Å². The minimum atomic E-state index is 0.489. The van der Waals surface area contributed by atoms with E-state index in [0.717, 1.165) is 6.54 Å². The van der Waals surface area contributed by atoms with Crippen molar-refractivity contribution in [3.05, 3.63) is 57.9 Å². The molecule has 3 aromatic rings. The quantitative estimate of drug-likeness (QED) is 0.739. The summed E-state index contributed by atoms with van der Waals surface area (Å²) in [5.74, 6) is 0.607. The Morgan fingerprint density at radius 3 is 3.09 bits per heavy atom. The maximum atomic E-state index is 3.73. The summed E-state index contributed by atoms with van der Waals surface area (Å²) in [4.78, 5) is 1.48. The average molecular weight is 308 g/mol. The lowest BCUT2D eigenvalue weighted by Crippen LogP contribution is -2.15. The van der Waals surface area contributed by atoms with E-state index in [1.165, 1.54) is 47.2 Å². The molecule has 0 radical (unpaired) electrons. The third kappa shape index (κ3) is 1.82. The number of benzene rings is 1. The Labute approximate surface area is 134 Å². The van der Waals surface area contributed by atoms with Crippen molar-refractivity contribution in [3.8, 4) is 0 Å². The fourth-order valence-corrected chi connectivity index (χ4v) is 5.25. The fraction of sp³-hybridized carbons (Fsp3) is 0.368. The van der Waals surface area contributed by atoms with Crippen LogP contribution in [0.15, 0.2) is 41.9 Å². The minimum absolute atomic E-state index is 0.489. The molecule has 1 fully saturated rings. The van der Waals surface area contributed by atoms with E-state index in [0.29, 0.717) is 12.0 Å². The third-order valence-electron chi connectivity index (χ3n) is 5.33. The summed E-state index contributed by atoms with van der Waals surface area (Å²) >= 11 is 1.88. The van der Waals surface area contributed by atoms with Gasteiger partial charge in [0.15, 0.2) is 0 Å². The van der Waals surface area contributed by atoms with Crippen LogP contribution in [-0.2, 0) is 13.0 Å². The molecule has 2 unspecified atom stereocenters. The zero-order valence-electron chi connectivity index (χ0n) is 12.6. The predicted molar refractivity (Wildman–Crippen MR) is 92.7 cm³/mol. The largest absolute Gasteiger partial charge is 0.347 e. The number of para-hydroxylation sites is 1. The Morgan fingerprint density at radius 2 is 2.18 bits per heavy atom. The first-order valence-electron chi connectivity index (χ1n) is 8.29. The molecule has 2 aliphatic rings. The van der Waals surface area contributed by atoms with Crippen LogP contribution in [-0.4, -0.2) is 11.1 Å². The summed E-state index contributed by atoms with van der Waals surface area (Å²) in [6.07, 6.45) is 6.20. The number of thiophene rings is 1. The molecule has 0 spiro atoms. The summed E-state index contributed by atoms with van der Waals surface area (Å²) in [7, 11) is 0. The monoisotopic (exact) mass is 308 g/mol. The number of aromatic nitrogens is 1. The van der Waals surface area contributed by atoms with Crippen LogP contribution in [0.25, 0.3) is 10.9 Å². The maximum absolute atomic E-state index is 3.73. The molecule has 1 saturated heterocycles. The first-order valence-corrected chi connectivity index (χ1v) is 9.17. The van der Waals surface area contributed by atoms with E-state index in [2.05, 4.69) is 51.8 Å². The van der Waals surface area contributed by atoms with Crippen molar-refractivity contribution in [2.45, 2.75) is 37.8 Å². The Balaban J connectivity index is 1.66. The van der Waals surface area contributed by atoms with Gasteiger partial charge in [-0.25, -0.2) is 0 Å². The fourth-order valence-electron chi connectivity index (χ4n) is 4.38. The standard InChI is InChI=1S/C19H20N2S/c1-4-13-5-2-10-21-12-16(15(6-1)19(13)21)14-8-9-20-18(14)17-7-3-11-22-17/h1,3-4,6-7,11-12,14,18,20H,2,5,8-10H2. The summed E-state index contributed by atoms with van der Waals surface area (Å²) in [6.45, 7) is 2.30. The van der Waals surface area contributed by atoms with Crippen molar-refractivity contribution in [2.75, 3.05) is 6.54 Å². The van der Waals surface area contributed by atoms with Crippen LogP contribution >= 0.6 is 11.3 Å². The van der Waals surface area contributed by atoms with Crippen molar-refractivity contribution in [1.29, 1.82) is 0 Å². The lowest BCUT2D eigenvalue weighted by atomic mass is 9.90. The normalized spacial score (nSPS) is 24.2. The molecule has 0 aliphatic carbocycles. The predicted octanol–water partition coefficient (Wildman–Crippen LogP) is 4.47. The molecule has 2 nitrogen and oxygen atoms in total. The van der Waals surface area contributed by atoms with Crippen LogP contribution in [0.3, 0.4) is 0 Å². The van der Waals surface area contributed by atoms with Gasteiger partial charge in [-0.2, -0.15) is 0 Å². The van der Waals surface area contributed by atoms with Gasteiger partial charge in [0.1, 0.15) is 0 Å². The van der Waals surface area contributed by atoms with Gasteiger partial charge >= 0.3 is 0 Å². The van der Waals surface area contributed by atoms with Crippen molar-refractivity contribution < 1.29 is 0 Å². The Morgan fingerprint density at radius 1 is 1.18 bits per heavy atom. The second-order valence-corrected chi connectivity index (χ2v) is 7.52. The molecule has 22 heavy (non-hydrogen) atoms. The summed E-state index contributed by atoms with van der Waals surface area (Å²) < 4.78 is 2.51. The van der Waals surface area contributed by atoms with Crippen LogP contribution in [0.2, 0.25) is 0 Å². The van der Waals surface area contributed by atoms with E-state index in [1.807, 2.05) is 11.3 Å². The van der Waals surface area contributed by atoms with Gasteiger partial charge in [0, 0.05) is 35.0 Å². The van der Waals surface area contributed by atoms with E-state index in [4.69, 9.17) is 0 Å². The van der Waals surface area contributed by atoms with Crippen molar-refractivity contribution in [3.63, 3.8) is 0 Å². The van der Waals surface area contributed by atoms with Gasteiger partial charge in [0.2, 0.25) is 0 Å². The third-order valence-corrected chi connectivity index (χ3v) is 6.28. The van der Waals surface area contributed by atoms with Gasteiger partial charge in [0.25, 0.3) is 0 Å². The number of aryl methyl sites for hydroxylation is 2. The highest BCUT2D eigenvalue weighted by Crippen LogP contribution is 2.43. The molecular weight excluding hydrogens is 288 g/mol. The molecule has 1 aromatic carbocycles. The molecule has 0 saturated carbocycles. The number of nitrogens with one attached hydrogen (secondary N) is 1. The highest BCUT2D eigenvalue weighted by atomic mass is 32.1. The Hall–Kier alpha value is -1.58. The SMILES string of the molecule is c1csc(C2NCCC2c2cn3c4c(cccc24)CCC3)c1. The van der Waals surface area contributed by atoms with Crippen molar-refractivity contribution in [1.82, 2.24) is 9.88 Å². The second kappa shape index (κ2) is 4.97. The van der Waals surface area contributed by atoms with Crippen LogP contribution in [0.5, 0.6) is 0 Å². The Kier molecular flexibility index (Phi) is 2.92.